The van der Waals surface area contributed by atoms with Gasteiger partial charge in [-0.1, -0.05) is 35.9 Å². The Hall–Kier alpha value is -1.89. The van der Waals surface area contributed by atoms with Crippen LogP contribution >= 0.6 is 11.6 Å². The van der Waals surface area contributed by atoms with Gasteiger partial charge in [0.1, 0.15) is 0 Å². The minimum Gasteiger partial charge on any atom is -0.352 e. The van der Waals surface area contributed by atoms with E-state index < -0.39 is 10.0 Å². The molecule has 1 saturated carbocycles. The van der Waals surface area contributed by atoms with Gasteiger partial charge in [-0.25, -0.2) is 13.1 Å². The molecule has 1 aliphatic rings. The molecular weight excluding hydrogens is 372 g/mol. The van der Waals surface area contributed by atoms with E-state index >= 15 is 0 Å². The normalized spacial score (nSPS) is 14.2. The fourth-order valence-corrected chi connectivity index (χ4v) is 3.90. The largest absolute Gasteiger partial charge is 0.352 e. The number of rotatable bonds is 8. The lowest BCUT2D eigenvalue weighted by molar-refractivity contribution is -0.121. The molecule has 1 amide bonds. The summed E-state index contributed by atoms with van der Waals surface area (Å²) in [6.45, 7) is 0.458. The van der Waals surface area contributed by atoms with E-state index in [2.05, 4.69) is 10.0 Å². The van der Waals surface area contributed by atoms with Crippen LogP contribution in [0.1, 0.15) is 30.4 Å². The summed E-state index contributed by atoms with van der Waals surface area (Å²) in [7, 11) is -3.43. The maximum atomic E-state index is 12.1. The minimum absolute atomic E-state index is 0.0490. The number of aryl methyl sites for hydroxylation is 1. The molecule has 2 N–H and O–H groups in total. The van der Waals surface area contributed by atoms with Crippen molar-refractivity contribution in [3.8, 4) is 0 Å². The molecule has 0 saturated heterocycles. The van der Waals surface area contributed by atoms with E-state index in [9.17, 15) is 13.2 Å². The molecule has 0 unspecified atom stereocenters. The zero-order chi connectivity index (χ0) is 18.6. The first kappa shape index (κ1) is 18.9. The van der Waals surface area contributed by atoms with Crippen LogP contribution in [0.15, 0.2) is 53.4 Å². The van der Waals surface area contributed by atoms with E-state index in [0.717, 1.165) is 24.0 Å². The van der Waals surface area contributed by atoms with E-state index in [0.29, 0.717) is 24.4 Å². The van der Waals surface area contributed by atoms with Crippen LogP contribution in [0.4, 0.5) is 0 Å². The van der Waals surface area contributed by atoms with Gasteiger partial charge in [-0.15, -0.1) is 0 Å². The second kappa shape index (κ2) is 8.20. The Morgan fingerprint density at radius 1 is 1.00 bits per heavy atom. The molecule has 0 aromatic heterocycles. The topological polar surface area (TPSA) is 75.3 Å². The van der Waals surface area contributed by atoms with E-state index in [1.807, 2.05) is 12.1 Å². The Kier molecular flexibility index (Phi) is 5.96. The predicted octanol–water partition coefficient (Wildman–Crippen LogP) is 3.03. The predicted molar refractivity (Wildman–Crippen MR) is 101 cm³/mol. The third-order valence-corrected chi connectivity index (χ3v) is 5.96. The van der Waals surface area contributed by atoms with Crippen molar-refractivity contribution in [1.29, 1.82) is 0 Å². The van der Waals surface area contributed by atoms with E-state index in [4.69, 9.17) is 11.6 Å². The van der Waals surface area contributed by atoms with Gasteiger partial charge in [0.15, 0.2) is 0 Å². The summed E-state index contributed by atoms with van der Waals surface area (Å²) in [5.74, 6) is -0.0490. The van der Waals surface area contributed by atoms with Gasteiger partial charge < -0.3 is 5.32 Å². The SMILES string of the molecule is O=C(CCc1ccc(S(=O)(=O)NC2CC2)cc1)NCc1ccc(Cl)cc1. The van der Waals surface area contributed by atoms with Crippen LogP contribution in [0, 0.1) is 0 Å². The van der Waals surface area contributed by atoms with Crippen molar-refractivity contribution < 1.29 is 13.2 Å². The Morgan fingerprint density at radius 3 is 2.23 bits per heavy atom. The molecule has 2 aromatic rings. The maximum Gasteiger partial charge on any atom is 0.240 e. The van der Waals surface area contributed by atoms with E-state index in [1.165, 1.54) is 0 Å². The van der Waals surface area contributed by atoms with Crippen LogP contribution in [0.2, 0.25) is 5.02 Å². The number of carbonyl (C=O) groups is 1. The van der Waals surface area contributed by atoms with Crippen LogP contribution in [0.3, 0.4) is 0 Å². The van der Waals surface area contributed by atoms with Gasteiger partial charge in [0.25, 0.3) is 0 Å². The zero-order valence-corrected chi connectivity index (χ0v) is 15.8. The zero-order valence-electron chi connectivity index (χ0n) is 14.2. The fraction of sp³-hybridized carbons (Fsp3) is 0.316. The average Bonchev–Trinajstić information content (AvgIpc) is 3.43. The van der Waals surface area contributed by atoms with Gasteiger partial charge >= 0.3 is 0 Å². The lowest BCUT2D eigenvalue weighted by Gasteiger charge is -2.08. The molecule has 26 heavy (non-hydrogen) atoms. The van der Waals surface area contributed by atoms with Crippen LogP contribution in [0.5, 0.6) is 0 Å². The first-order valence-electron chi connectivity index (χ1n) is 8.55. The monoisotopic (exact) mass is 392 g/mol. The summed E-state index contributed by atoms with van der Waals surface area (Å²) >= 11 is 5.83. The fourth-order valence-electron chi connectivity index (χ4n) is 2.47. The second-order valence-corrected chi connectivity index (χ2v) is 8.59. The molecule has 1 aliphatic carbocycles. The number of hydrogen-bond donors (Lipinski definition) is 2. The maximum absolute atomic E-state index is 12.1. The number of sulfonamides is 1. The van der Waals surface area contributed by atoms with Crippen LogP contribution < -0.4 is 10.0 Å². The summed E-state index contributed by atoms with van der Waals surface area (Å²) in [6, 6.07) is 14.1. The number of nitrogens with one attached hydrogen (secondary N) is 2. The molecular formula is C19H21ClN2O3S. The van der Waals surface area contributed by atoms with Crippen molar-refractivity contribution >= 4 is 27.5 Å². The molecule has 5 nitrogen and oxygen atoms in total. The highest BCUT2D eigenvalue weighted by Crippen LogP contribution is 2.22. The molecule has 0 atom stereocenters. The highest BCUT2D eigenvalue weighted by molar-refractivity contribution is 7.89. The minimum atomic E-state index is -3.43. The van der Waals surface area contributed by atoms with Crippen molar-refractivity contribution in [1.82, 2.24) is 10.0 Å². The molecule has 0 aliphatic heterocycles. The summed E-state index contributed by atoms with van der Waals surface area (Å²) < 4.78 is 26.9. The van der Waals surface area contributed by atoms with Crippen molar-refractivity contribution in [2.45, 2.75) is 43.2 Å². The van der Waals surface area contributed by atoms with Gasteiger partial charge in [0.05, 0.1) is 4.90 Å². The third-order valence-electron chi connectivity index (χ3n) is 4.18. The van der Waals surface area contributed by atoms with Gasteiger partial charge in [-0.05, 0) is 54.7 Å². The second-order valence-electron chi connectivity index (χ2n) is 6.44. The molecule has 0 radical (unpaired) electrons. The number of benzene rings is 2. The summed E-state index contributed by atoms with van der Waals surface area (Å²) in [6.07, 6.45) is 2.72. The molecule has 0 bridgehead atoms. The van der Waals surface area contributed by atoms with Gasteiger partial charge in [-0.3, -0.25) is 4.79 Å². The summed E-state index contributed by atoms with van der Waals surface area (Å²) in [5, 5.41) is 3.53. The van der Waals surface area contributed by atoms with Gasteiger partial charge in [0, 0.05) is 24.0 Å². The number of hydrogen-bond acceptors (Lipinski definition) is 3. The number of halogens is 1. The van der Waals surface area contributed by atoms with Crippen molar-refractivity contribution in [3.05, 3.63) is 64.7 Å². The summed E-state index contributed by atoms with van der Waals surface area (Å²) in [5.41, 5.74) is 1.91. The van der Waals surface area contributed by atoms with Crippen LogP contribution in [-0.4, -0.2) is 20.4 Å². The quantitative estimate of drug-likeness (QED) is 0.725. The van der Waals surface area contributed by atoms with Crippen molar-refractivity contribution in [3.63, 3.8) is 0 Å². The van der Waals surface area contributed by atoms with Gasteiger partial charge in [-0.2, -0.15) is 0 Å². The molecule has 7 heteroatoms. The first-order valence-corrected chi connectivity index (χ1v) is 10.4. The average molecular weight is 393 g/mol. The standard InChI is InChI=1S/C19H21ClN2O3S/c20-16-6-1-15(2-7-16)13-21-19(23)12-5-14-3-10-18(11-4-14)26(24,25)22-17-8-9-17/h1-4,6-7,10-11,17,22H,5,8-9,12-13H2,(H,21,23). The molecule has 2 aromatic carbocycles. The summed E-state index contributed by atoms with van der Waals surface area (Å²) in [4.78, 5) is 12.2. The van der Waals surface area contributed by atoms with Crippen molar-refractivity contribution in [2.24, 2.45) is 0 Å². The molecule has 0 heterocycles. The Morgan fingerprint density at radius 2 is 1.62 bits per heavy atom. The smallest absolute Gasteiger partial charge is 0.240 e. The highest BCUT2D eigenvalue weighted by Gasteiger charge is 2.27. The highest BCUT2D eigenvalue weighted by atomic mass is 35.5. The Balaban J connectivity index is 1.46. The van der Waals surface area contributed by atoms with Gasteiger partial charge in [0.2, 0.25) is 15.9 Å². The molecule has 3 rings (SSSR count). The van der Waals surface area contributed by atoms with Crippen molar-refractivity contribution in [2.75, 3.05) is 0 Å². The number of amides is 1. The molecule has 138 valence electrons. The Bertz CT molecular complexity index is 861. The van der Waals surface area contributed by atoms with Crippen LogP contribution in [-0.2, 0) is 27.8 Å². The van der Waals surface area contributed by atoms with E-state index in [1.54, 1.807) is 36.4 Å². The molecule has 1 fully saturated rings. The van der Waals surface area contributed by atoms with Crippen LogP contribution in [0.25, 0.3) is 0 Å². The first-order chi connectivity index (χ1) is 12.4. The lowest BCUT2D eigenvalue weighted by atomic mass is 10.1. The lowest BCUT2D eigenvalue weighted by Crippen LogP contribution is -2.25. The number of carbonyl (C=O) groups excluding carboxylic acids is 1. The Labute approximate surface area is 158 Å². The third kappa shape index (κ3) is 5.56. The van der Waals surface area contributed by atoms with E-state index in [-0.39, 0.29) is 16.8 Å². The molecule has 0 spiro atoms.